The first-order chi connectivity index (χ1) is 12.3. The summed E-state index contributed by atoms with van der Waals surface area (Å²) in [5.41, 5.74) is 1.05. The highest BCUT2D eigenvalue weighted by Crippen LogP contribution is 2.38. The maximum absolute atomic E-state index is 5.86. The normalized spacial score (nSPS) is 18.2. The lowest BCUT2D eigenvalue weighted by Gasteiger charge is -2.24. The molecule has 0 unspecified atom stereocenters. The van der Waals surface area contributed by atoms with E-state index in [4.69, 9.17) is 18.9 Å². The number of hydrogen-bond acceptors (Lipinski definition) is 7. The predicted molar refractivity (Wildman–Crippen MR) is 88.9 cm³/mol. The first-order valence-electron chi connectivity index (χ1n) is 8.48. The molecule has 0 saturated carbocycles. The van der Waals surface area contributed by atoms with Crippen molar-refractivity contribution in [1.29, 1.82) is 0 Å². The van der Waals surface area contributed by atoms with E-state index in [0.717, 1.165) is 48.0 Å². The number of methoxy groups -OCH3 is 1. The van der Waals surface area contributed by atoms with E-state index in [-0.39, 0.29) is 6.79 Å². The van der Waals surface area contributed by atoms with Crippen molar-refractivity contribution in [2.24, 2.45) is 0 Å². The van der Waals surface area contributed by atoms with Gasteiger partial charge in [0.15, 0.2) is 11.5 Å². The second-order valence-electron chi connectivity index (χ2n) is 6.13. The third-order valence-electron chi connectivity index (χ3n) is 4.49. The molecule has 2 aliphatic rings. The van der Waals surface area contributed by atoms with Crippen LogP contribution in [0.2, 0.25) is 0 Å². The van der Waals surface area contributed by atoms with E-state index in [1.807, 2.05) is 16.8 Å². The number of aromatic nitrogens is 3. The van der Waals surface area contributed by atoms with Gasteiger partial charge in [-0.25, -0.2) is 9.67 Å². The number of nitrogens with zero attached hydrogens (tertiary/aromatic N) is 3. The molecule has 8 heteroatoms. The molecule has 25 heavy (non-hydrogen) atoms. The van der Waals surface area contributed by atoms with E-state index in [1.165, 1.54) is 0 Å². The summed E-state index contributed by atoms with van der Waals surface area (Å²) >= 11 is 0. The van der Waals surface area contributed by atoms with Crippen molar-refractivity contribution in [3.05, 3.63) is 29.8 Å². The van der Waals surface area contributed by atoms with Gasteiger partial charge in [-0.15, -0.1) is 0 Å². The highest BCUT2D eigenvalue weighted by molar-refractivity contribution is 5.51. The average molecular weight is 346 g/mol. The van der Waals surface area contributed by atoms with Gasteiger partial charge in [-0.05, 0) is 12.5 Å². The standard InChI is InChI=1S/C17H22N4O4/c1-22-4-5-23-14-7-16-15(24-11-25-16)6-12(14)8-18-13-2-3-17-19-10-20-21(17)9-13/h6-7,10,13,18H,2-5,8-9,11H2,1H3/t13-/m1/s1. The van der Waals surface area contributed by atoms with E-state index in [0.29, 0.717) is 25.8 Å². The van der Waals surface area contributed by atoms with E-state index in [2.05, 4.69) is 15.4 Å². The number of aryl methyl sites for hydroxylation is 1. The fourth-order valence-electron chi connectivity index (χ4n) is 3.13. The van der Waals surface area contributed by atoms with Crippen molar-refractivity contribution >= 4 is 0 Å². The zero-order valence-corrected chi connectivity index (χ0v) is 14.2. The molecule has 134 valence electrons. The molecule has 2 aromatic rings. The number of nitrogens with one attached hydrogen (secondary N) is 1. The Morgan fingerprint density at radius 3 is 3.04 bits per heavy atom. The highest BCUT2D eigenvalue weighted by atomic mass is 16.7. The minimum atomic E-state index is 0.251. The SMILES string of the molecule is COCCOc1cc2c(cc1CN[C@@H]1CCc3ncnn3C1)OCO2. The molecule has 0 bridgehead atoms. The summed E-state index contributed by atoms with van der Waals surface area (Å²) in [5.74, 6) is 3.34. The molecule has 8 nitrogen and oxygen atoms in total. The molecule has 3 heterocycles. The lowest BCUT2D eigenvalue weighted by Crippen LogP contribution is -2.37. The highest BCUT2D eigenvalue weighted by Gasteiger charge is 2.22. The first kappa shape index (κ1) is 16.2. The van der Waals surface area contributed by atoms with Gasteiger partial charge in [0.05, 0.1) is 13.2 Å². The maximum Gasteiger partial charge on any atom is 0.231 e. The molecule has 0 fully saturated rings. The molecule has 0 saturated heterocycles. The fourth-order valence-corrected chi connectivity index (χ4v) is 3.13. The Morgan fingerprint density at radius 1 is 1.28 bits per heavy atom. The van der Waals surface area contributed by atoms with Crippen LogP contribution in [0.1, 0.15) is 17.8 Å². The van der Waals surface area contributed by atoms with Gasteiger partial charge in [0.25, 0.3) is 0 Å². The van der Waals surface area contributed by atoms with Gasteiger partial charge in [-0.3, -0.25) is 0 Å². The maximum atomic E-state index is 5.86. The molecule has 4 rings (SSSR count). The summed E-state index contributed by atoms with van der Waals surface area (Å²) in [6, 6.07) is 4.23. The molecule has 1 aromatic carbocycles. The van der Waals surface area contributed by atoms with Crippen LogP contribution in [0.4, 0.5) is 0 Å². The van der Waals surface area contributed by atoms with Crippen LogP contribution < -0.4 is 19.5 Å². The Hall–Kier alpha value is -2.32. The van der Waals surface area contributed by atoms with Gasteiger partial charge < -0.3 is 24.3 Å². The second-order valence-corrected chi connectivity index (χ2v) is 6.13. The summed E-state index contributed by atoms with van der Waals surface area (Å²) < 4.78 is 23.8. The number of benzene rings is 1. The van der Waals surface area contributed by atoms with Gasteiger partial charge in [0.1, 0.15) is 24.5 Å². The molecular formula is C17H22N4O4. The molecule has 1 aromatic heterocycles. The zero-order valence-electron chi connectivity index (χ0n) is 14.2. The Morgan fingerprint density at radius 2 is 2.16 bits per heavy atom. The van der Waals surface area contributed by atoms with E-state index in [1.54, 1.807) is 13.4 Å². The molecule has 1 N–H and O–H groups in total. The molecule has 2 aliphatic heterocycles. The second kappa shape index (κ2) is 7.28. The van der Waals surface area contributed by atoms with Crippen molar-refractivity contribution in [3.8, 4) is 17.2 Å². The minimum Gasteiger partial charge on any atom is -0.491 e. The molecule has 0 amide bonds. The summed E-state index contributed by atoms with van der Waals surface area (Å²) in [4.78, 5) is 4.27. The van der Waals surface area contributed by atoms with Crippen molar-refractivity contribution in [2.75, 3.05) is 27.1 Å². The Kier molecular flexibility index (Phi) is 4.71. The molecule has 0 spiro atoms. The third kappa shape index (κ3) is 3.54. The van der Waals surface area contributed by atoms with Crippen LogP contribution in [0.5, 0.6) is 17.2 Å². The number of ether oxygens (including phenoxy) is 4. The van der Waals surface area contributed by atoms with E-state index < -0.39 is 0 Å². The number of fused-ring (bicyclic) bond motifs is 2. The summed E-state index contributed by atoms with van der Waals surface area (Å²) in [7, 11) is 1.66. The average Bonchev–Trinajstić information content (AvgIpc) is 3.27. The predicted octanol–water partition coefficient (Wildman–Crippen LogP) is 1.14. The van der Waals surface area contributed by atoms with Crippen LogP contribution in [-0.4, -0.2) is 47.9 Å². The van der Waals surface area contributed by atoms with Crippen LogP contribution in [0.15, 0.2) is 18.5 Å². The fraction of sp³-hybridized carbons (Fsp3) is 0.529. The third-order valence-corrected chi connectivity index (χ3v) is 4.49. The van der Waals surface area contributed by atoms with Gasteiger partial charge in [0, 0.05) is 37.7 Å². The molecule has 1 atom stereocenters. The van der Waals surface area contributed by atoms with Gasteiger partial charge in [0.2, 0.25) is 6.79 Å². The van der Waals surface area contributed by atoms with E-state index >= 15 is 0 Å². The summed E-state index contributed by atoms with van der Waals surface area (Å²) in [6.07, 6.45) is 3.61. The minimum absolute atomic E-state index is 0.251. The molecular weight excluding hydrogens is 324 g/mol. The first-order valence-corrected chi connectivity index (χ1v) is 8.48. The van der Waals surface area contributed by atoms with Crippen LogP contribution in [-0.2, 0) is 24.2 Å². The quantitative estimate of drug-likeness (QED) is 0.753. The summed E-state index contributed by atoms with van der Waals surface area (Å²) in [6.45, 7) is 2.81. The van der Waals surface area contributed by atoms with Gasteiger partial charge in [-0.2, -0.15) is 5.10 Å². The summed E-state index contributed by atoms with van der Waals surface area (Å²) in [5, 5.41) is 7.86. The lowest BCUT2D eigenvalue weighted by atomic mass is 10.1. The van der Waals surface area contributed by atoms with Crippen LogP contribution in [0, 0.1) is 0 Å². The van der Waals surface area contributed by atoms with Crippen molar-refractivity contribution < 1.29 is 18.9 Å². The van der Waals surface area contributed by atoms with Crippen LogP contribution in [0.3, 0.4) is 0 Å². The smallest absolute Gasteiger partial charge is 0.231 e. The monoisotopic (exact) mass is 346 g/mol. The zero-order chi connectivity index (χ0) is 17.1. The van der Waals surface area contributed by atoms with Crippen molar-refractivity contribution in [2.45, 2.75) is 32.0 Å². The van der Waals surface area contributed by atoms with Crippen LogP contribution in [0.25, 0.3) is 0 Å². The largest absolute Gasteiger partial charge is 0.491 e. The Labute approximate surface area is 146 Å². The lowest BCUT2D eigenvalue weighted by molar-refractivity contribution is 0.145. The molecule has 0 aliphatic carbocycles. The number of rotatable bonds is 7. The van der Waals surface area contributed by atoms with Crippen molar-refractivity contribution in [1.82, 2.24) is 20.1 Å². The van der Waals surface area contributed by atoms with Crippen LogP contribution >= 0.6 is 0 Å². The van der Waals surface area contributed by atoms with E-state index in [9.17, 15) is 0 Å². The van der Waals surface area contributed by atoms with Crippen molar-refractivity contribution in [3.63, 3.8) is 0 Å². The Bertz CT molecular complexity index is 733. The van der Waals surface area contributed by atoms with Gasteiger partial charge in [-0.1, -0.05) is 0 Å². The Balaban J connectivity index is 1.44. The topological polar surface area (TPSA) is 79.7 Å². The number of hydrogen-bond donors (Lipinski definition) is 1. The molecule has 0 radical (unpaired) electrons. The van der Waals surface area contributed by atoms with Gasteiger partial charge >= 0.3 is 0 Å².